The summed E-state index contributed by atoms with van der Waals surface area (Å²) in [4.78, 5) is 11.5. The van der Waals surface area contributed by atoms with Crippen LogP contribution in [0.2, 0.25) is 5.02 Å². The Morgan fingerprint density at radius 1 is 1.42 bits per heavy atom. The first kappa shape index (κ1) is 15.8. The molecule has 0 radical (unpaired) electrons. The number of carbonyl (C=O) groups is 1. The SMILES string of the molecule is COCC(C)NC(=O)NCC(O)c1ccc(Cl)cc1. The second-order valence-corrected chi connectivity index (χ2v) is 4.71. The molecule has 6 heteroatoms. The van der Waals surface area contributed by atoms with Gasteiger partial charge in [0.2, 0.25) is 0 Å². The number of urea groups is 1. The third-order valence-electron chi connectivity index (χ3n) is 2.50. The number of amides is 2. The number of carbonyl (C=O) groups excluding carboxylic acids is 1. The van der Waals surface area contributed by atoms with E-state index in [9.17, 15) is 9.90 Å². The number of hydrogen-bond donors (Lipinski definition) is 3. The van der Waals surface area contributed by atoms with Crippen LogP contribution in [0.4, 0.5) is 4.79 Å². The van der Waals surface area contributed by atoms with E-state index in [2.05, 4.69) is 10.6 Å². The molecular weight excluding hydrogens is 268 g/mol. The smallest absolute Gasteiger partial charge is 0.315 e. The van der Waals surface area contributed by atoms with Crippen molar-refractivity contribution in [2.24, 2.45) is 0 Å². The van der Waals surface area contributed by atoms with Crippen molar-refractivity contribution in [3.63, 3.8) is 0 Å². The van der Waals surface area contributed by atoms with Crippen LogP contribution in [-0.4, -0.2) is 37.4 Å². The minimum atomic E-state index is -0.763. The van der Waals surface area contributed by atoms with Crippen molar-refractivity contribution < 1.29 is 14.6 Å². The van der Waals surface area contributed by atoms with Gasteiger partial charge in [-0.2, -0.15) is 0 Å². The van der Waals surface area contributed by atoms with E-state index in [4.69, 9.17) is 16.3 Å². The molecule has 106 valence electrons. The van der Waals surface area contributed by atoms with E-state index in [1.165, 1.54) is 0 Å². The predicted octanol–water partition coefficient (Wildman–Crippen LogP) is 1.71. The zero-order chi connectivity index (χ0) is 14.3. The lowest BCUT2D eigenvalue weighted by Crippen LogP contribution is -2.43. The second kappa shape index (κ2) is 7.99. The predicted molar refractivity (Wildman–Crippen MR) is 74.3 cm³/mol. The van der Waals surface area contributed by atoms with Crippen LogP contribution in [0.1, 0.15) is 18.6 Å². The number of benzene rings is 1. The summed E-state index contributed by atoms with van der Waals surface area (Å²) in [7, 11) is 1.57. The number of aliphatic hydroxyl groups is 1. The Kier molecular flexibility index (Phi) is 6.62. The number of ether oxygens (including phenoxy) is 1. The van der Waals surface area contributed by atoms with Crippen LogP contribution in [-0.2, 0) is 4.74 Å². The van der Waals surface area contributed by atoms with Gasteiger partial charge in [-0.1, -0.05) is 23.7 Å². The van der Waals surface area contributed by atoms with Crippen molar-refractivity contribution >= 4 is 17.6 Å². The average Bonchev–Trinajstić information content (AvgIpc) is 2.37. The van der Waals surface area contributed by atoms with E-state index in [0.717, 1.165) is 0 Å². The molecule has 1 aromatic carbocycles. The van der Waals surface area contributed by atoms with Crippen molar-refractivity contribution in [2.45, 2.75) is 19.1 Å². The summed E-state index contributed by atoms with van der Waals surface area (Å²) in [6, 6.07) is 6.41. The van der Waals surface area contributed by atoms with Gasteiger partial charge >= 0.3 is 6.03 Å². The number of nitrogens with one attached hydrogen (secondary N) is 2. The van der Waals surface area contributed by atoms with Crippen LogP contribution < -0.4 is 10.6 Å². The summed E-state index contributed by atoms with van der Waals surface area (Å²) in [5, 5.41) is 15.8. The summed E-state index contributed by atoms with van der Waals surface area (Å²) >= 11 is 5.76. The summed E-state index contributed by atoms with van der Waals surface area (Å²) in [5.74, 6) is 0. The minimum absolute atomic E-state index is 0.0855. The maximum Gasteiger partial charge on any atom is 0.315 e. The van der Waals surface area contributed by atoms with E-state index in [1.807, 2.05) is 6.92 Å². The topological polar surface area (TPSA) is 70.6 Å². The zero-order valence-electron chi connectivity index (χ0n) is 11.0. The standard InChI is InChI=1S/C13H19ClN2O3/c1-9(8-19-2)16-13(18)15-7-12(17)10-3-5-11(14)6-4-10/h3-6,9,12,17H,7-8H2,1-2H3,(H2,15,16,18). The number of methoxy groups -OCH3 is 1. The normalized spacial score (nSPS) is 13.7. The Morgan fingerprint density at radius 2 is 2.05 bits per heavy atom. The maximum atomic E-state index is 11.5. The van der Waals surface area contributed by atoms with Gasteiger partial charge in [0.25, 0.3) is 0 Å². The Hall–Kier alpha value is -1.30. The quantitative estimate of drug-likeness (QED) is 0.745. The van der Waals surface area contributed by atoms with Crippen LogP contribution in [0.25, 0.3) is 0 Å². The largest absolute Gasteiger partial charge is 0.387 e. The number of rotatable bonds is 6. The zero-order valence-corrected chi connectivity index (χ0v) is 11.8. The molecule has 3 N–H and O–H groups in total. The Labute approximate surface area is 117 Å². The molecule has 0 saturated carbocycles. The molecule has 0 aliphatic heterocycles. The van der Waals surface area contributed by atoms with E-state index in [0.29, 0.717) is 17.2 Å². The molecule has 0 bridgehead atoms. The van der Waals surface area contributed by atoms with Crippen LogP contribution in [0.3, 0.4) is 0 Å². The van der Waals surface area contributed by atoms with Gasteiger partial charge in [-0.25, -0.2) is 4.79 Å². The lowest BCUT2D eigenvalue weighted by atomic mass is 10.1. The summed E-state index contributed by atoms with van der Waals surface area (Å²) in [6.45, 7) is 2.40. The molecule has 0 saturated heterocycles. The lowest BCUT2D eigenvalue weighted by molar-refractivity contribution is 0.162. The van der Waals surface area contributed by atoms with Crippen molar-refractivity contribution in [3.05, 3.63) is 34.9 Å². The molecule has 0 aromatic heterocycles. The first-order chi connectivity index (χ1) is 9.02. The van der Waals surface area contributed by atoms with Gasteiger partial charge in [-0.05, 0) is 24.6 Å². The fraction of sp³-hybridized carbons (Fsp3) is 0.462. The third-order valence-corrected chi connectivity index (χ3v) is 2.76. The van der Waals surface area contributed by atoms with Gasteiger partial charge in [0, 0.05) is 18.7 Å². The van der Waals surface area contributed by atoms with Gasteiger partial charge in [0.15, 0.2) is 0 Å². The average molecular weight is 287 g/mol. The van der Waals surface area contributed by atoms with Crippen molar-refractivity contribution in [1.82, 2.24) is 10.6 Å². The molecule has 0 fully saturated rings. The van der Waals surface area contributed by atoms with E-state index in [-0.39, 0.29) is 18.6 Å². The Balaban J connectivity index is 2.35. The first-order valence-electron chi connectivity index (χ1n) is 5.99. The monoisotopic (exact) mass is 286 g/mol. The van der Waals surface area contributed by atoms with Gasteiger partial charge in [0.1, 0.15) is 0 Å². The second-order valence-electron chi connectivity index (χ2n) is 4.28. The van der Waals surface area contributed by atoms with E-state index >= 15 is 0 Å². The van der Waals surface area contributed by atoms with Crippen LogP contribution >= 0.6 is 11.6 Å². The van der Waals surface area contributed by atoms with Crippen molar-refractivity contribution in [3.8, 4) is 0 Å². The van der Waals surface area contributed by atoms with Crippen molar-refractivity contribution in [1.29, 1.82) is 0 Å². The molecule has 0 aliphatic carbocycles. The lowest BCUT2D eigenvalue weighted by Gasteiger charge is -2.16. The third kappa shape index (κ3) is 5.92. The van der Waals surface area contributed by atoms with E-state index < -0.39 is 6.10 Å². The van der Waals surface area contributed by atoms with Crippen LogP contribution in [0.5, 0.6) is 0 Å². The highest BCUT2D eigenvalue weighted by Crippen LogP contribution is 2.15. The van der Waals surface area contributed by atoms with Crippen LogP contribution in [0, 0.1) is 0 Å². The van der Waals surface area contributed by atoms with Gasteiger partial charge in [-0.3, -0.25) is 0 Å². The highest BCUT2D eigenvalue weighted by molar-refractivity contribution is 6.30. The molecule has 2 atom stereocenters. The number of halogens is 1. The molecule has 0 spiro atoms. The summed E-state index contributed by atoms with van der Waals surface area (Å²) < 4.78 is 4.91. The van der Waals surface area contributed by atoms with Crippen molar-refractivity contribution in [2.75, 3.05) is 20.3 Å². The van der Waals surface area contributed by atoms with Crippen LogP contribution in [0.15, 0.2) is 24.3 Å². The molecule has 2 amide bonds. The Morgan fingerprint density at radius 3 is 2.63 bits per heavy atom. The Bertz CT molecular complexity index is 397. The molecule has 5 nitrogen and oxygen atoms in total. The molecule has 19 heavy (non-hydrogen) atoms. The highest BCUT2D eigenvalue weighted by Gasteiger charge is 2.10. The summed E-state index contributed by atoms with van der Waals surface area (Å²) in [5.41, 5.74) is 0.703. The van der Waals surface area contributed by atoms with Gasteiger partial charge < -0.3 is 20.5 Å². The fourth-order valence-electron chi connectivity index (χ4n) is 1.56. The highest BCUT2D eigenvalue weighted by atomic mass is 35.5. The number of hydrogen-bond acceptors (Lipinski definition) is 3. The van der Waals surface area contributed by atoms with Gasteiger partial charge in [-0.15, -0.1) is 0 Å². The maximum absolute atomic E-state index is 11.5. The number of aliphatic hydroxyl groups excluding tert-OH is 1. The fourth-order valence-corrected chi connectivity index (χ4v) is 1.68. The molecule has 0 heterocycles. The molecule has 2 unspecified atom stereocenters. The molecule has 1 aromatic rings. The molecule has 1 rings (SSSR count). The first-order valence-corrected chi connectivity index (χ1v) is 6.37. The molecule has 0 aliphatic rings. The van der Waals surface area contributed by atoms with Gasteiger partial charge in [0.05, 0.1) is 18.8 Å². The summed E-state index contributed by atoms with van der Waals surface area (Å²) in [6.07, 6.45) is -0.763. The minimum Gasteiger partial charge on any atom is -0.387 e. The van der Waals surface area contributed by atoms with E-state index in [1.54, 1.807) is 31.4 Å². The molecular formula is C13H19ClN2O3.